The van der Waals surface area contributed by atoms with E-state index in [0.29, 0.717) is 0 Å². The first-order valence-electron chi connectivity index (χ1n) is 6.19. The van der Waals surface area contributed by atoms with Gasteiger partial charge in [-0.3, -0.25) is 0 Å². The molecule has 0 radical (unpaired) electrons. The fraction of sp³-hybridized carbons (Fsp3) is 0.250. The predicted octanol–water partition coefficient (Wildman–Crippen LogP) is 5.10. The maximum absolute atomic E-state index is 6.64. The minimum atomic E-state index is -0.310. The number of ether oxygens (including phenoxy) is 2. The number of halogens is 2. The van der Waals surface area contributed by atoms with E-state index in [1.165, 1.54) is 5.56 Å². The Morgan fingerprint density at radius 1 is 1.00 bits per heavy atom. The zero-order valence-corrected chi connectivity index (χ0v) is 14.0. The molecule has 0 fully saturated rings. The normalized spacial score (nSPS) is 12.1. The first-order valence-corrected chi connectivity index (χ1v) is 7.41. The Morgan fingerprint density at radius 3 is 2.35 bits per heavy atom. The van der Waals surface area contributed by atoms with Gasteiger partial charge in [0, 0.05) is 10.0 Å². The molecule has 0 amide bonds. The molecule has 2 rings (SSSR count). The van der Waals surface area contributed by atoms with Crippen LogP contribution in [0.25, 0.3) is 0 Å². The van der Waals surface area contributed by atoms with Gasteiger partial charge in [-0.2, -0.15) is 0 Å². The smallest absolute Gasteiger partial charge is 0.124 e. The fourth-order valence-electron chi connectivity index (χ4n) is 2.04. The number of aryl methyl sites for hydroxylation is 1. The van der Waals surface area contributed by atoms with E-state index in [4.69, 9.17) is 21.1 Å². The Bertz CT molecular complexity index is 613. The van der Waals surface area contributed by atoms with Crippen molar-refractivity contribution in [1.82, 2.24) is 0 Å². The first kappa shape index (κ1) is 15.2. The average molecular weight is 356 g/mol. The summed E-state index contributed by atoms with van der Waals surface area (Å²) in [6, 6.07) is 11.8. The van der Waals surface area contributed by atoms with Gasteiger partial charge in [-0.25, -0.2) is 0 Å². The van der Waals surface area contributed by atoms with Crippen molar-refractivity contribution < 1.29 is 9.47 Å². The molecule has 0 spiro atoms. The van der Waals surface area contributed by atoms with Gasteiger partial charge in [-0.15, -0.1) is 11.6 Å². The molecule has 20 heavy (non-hydrogen) atoms. The van der Waals surface area contributed by atoms with Gasteiger partial charge in [-0.1, -0.05) is 28.1 Å². The largest absolute Gasteiger partial charge is 0.497 e. The number of rotatable bonds is 4. The Balaban J connectivity index is 2.48. The van der Waals surface area contributed by atoms with Crippen LogP contribution in [0, 0.1) is 6.92 Å². The molecular weight excluding hydrogens is 340 g/mol. The summed E-state index contributed by atoms with van der Waals surface area (Å²) in [6.45, 7) is 2.05. The van der Waals surface area contributed by atoms with Crippen molar-refractivity contribution >= 4 is 27.5 Å². The Labute approximate surface area is 132 Å². The molecule has 2 nitrogen and oxygen atoms in total. The third kappa shape index (κ3) is 3.10. The lowest BCUT2D eigenvalue weighted by Gasteiger charge is -2.17. The maximum Gasteiger partial charge on any atom is 0.124 e. The van der Waals surface area contributed by atoms with Crippen LogP contribution in [0.4, 0.5) is 0 Å². The molecule has 0 aliphatic rings. The SMILES string of the molecule is COc1ccc(OC)c(C(Cl)c2ccc(C)cc2Br)c1. The van der Waals surface area contributed by atoms with E-state index in [1.54, 1.807) is 14.2 Å². The number of alkyl halides is 1. The quantitative estimate of drug-likeness (QED) is 0.710. The van der Waals surface area contributed by atoms with Crippen LogP contribution in [-0.2, 0) is 0 Å². The third-order valence-electron chi connectivity index (χ3n) is 3.14. The van der Waals surface area contributed by atoms with Crippen molar-refractivity contribution in [3.8, 4) is 11.5 Å². The third-order valence-corrected chi connectivity index (χ3v) is 4.30. The van der Waals surface area contributed by atoms with E-state index in [9.17, 15) is 0 Å². The van der Waals surface area contributed by atoms with Crippen LogP contribution in [0.3, 0.4) is 0 Å². The number of methoxy groups -OCH3 is 2. The number of hydrogen-bond donors (Lipinski definition) is 0. The van der Waals surface area contributed by atoms with Crippen LogP contribution >= 0.6 is 27.5 Å². The van der Waals surface area contributed by atoms with Gasteiger partial charge in [0.25, 0.3) is 0 Å². The molecule has 0 aliphatic carbocycles. The Morgan fingerprint density at radius 2 is 1.75 bits per heavy atom. The molecule has 106 valence electrons. The molecule has 4 heteroatoms. The van der Waals surface area contributed by atoms with Crippen molar-refractivity contribution in [3.05, 3.63) is 57.6 Å². The summed E-state index contributed by atoms with van der Waals surface area (Å²) in [4.78, 5) is 0. The molecule has 0 heterocycles. The van der Waals surface area contributed by atoms with Crippen molar-refractivity contribution in [2.24, 2.45) is 0 Å². The minimum Gasteiger partial charge on any atom is -0.497 e. The van der Waals surface area contributed by atoms with Gasteiger partial charge in [0.1, 0.15) is 11.5 Å². The molecule has 0 saturated carbocycles. The van der Waals surface area contributed by atoms with E-state index >= 15 is 0 Å². The van der Waals surface area contributed by atoms with Crippen LogP contribution < -0.4 is 9.47 Å². The van der Waals surface area contributed by atoms with Crippen LogP contribution in [-0.4, -0.2) is 14.2 Å². The van der Waals surface area contributed by atoms with E-state index in [1.807, 2.05) is 37.3 Å². The van der Waals surface area contributed by atoms with Gasteiger partial charge in [0.05, 0.1) is 19.6 Å². The molecule has 0 bridgehead atoms. The van der Waals surface area contributed by atoms with Gasteiger partial charge in [0.2, 0.25) is 0 Å². The Hall–Kier alpha value is -1.19. The van der Waals surface area contributed by atoms with Crippen molar-refractivity contribution in [3.63, 3.8) is 0 Å². The zero-order chi connectivity index (χ0) is 14.7. The lowest BCUT2D eigenvalue weighted by Crippen LogP contribution is -1.99. The van der Waals surface area contributed by atoms with E-state index in [0.717, 1.165) is 27.1 Å². The monoisotopic (exact) mass is 354 g/mol. The first-order chi connectivity index (χ1) is 9.56. The lowest BCUT2D eigenvalue weighted by molar-refractivity contribution is 0.399. The molecule has 1 unspecified atom stereocenters. The minimum absolute atomic E-state index is 0.310. The highest BCUT2D eigenvalue weighted by molar-refractivity contribution is 9.10. The van der Waals surface area contributed by atoms with Crippen LogP contribution in [0.15, 0.2) is 40.9 Å². The van der Waals surface area contributed by atoms with Crippen LogP contribution in [0.2, 0.25) is 0 Å². The second kappa shape index (κ2) is 6.51. The second-order valence-corrected chi connectivity index (χ2v) is 5.79. The van der Waals surface area contributed by atoms with Crippen molar-refractivity contribution in [2.75, 3.05) is 14.2 Å². The number of benzene rings is 2. The summed E-state index contributed by atoms with van der Waals surface area (Å²) in [5.74, 6) is 1.51. The van der Waals surface area contributed by atoms with E-state index in [-0.39, 0.29) is 5.38 Å². The number of hydrogen-bond acceptors (Lipinski definition) is 2. The van der Waals surface area contributed by atoms with E-state index in [2.05, 4.69) is 22.0 Å². The average Bonchev–Trinajstić information content (AvgIpc) is 2.46. The predicted molar refractivity (Wildman–Crippen MR) is 86.1 cm³/mol. The summed E-state index contributed by atoms with van der Waals surface area (Å²) in [6.07, 6.45) is 0. The zero-order valence-electron chi connectivity index (χ0n) is 11.6. The van der Waals surface area contributed by atoms with Gasteiger partial charge in [0.15, 0.2) is 0 Å². The molecule has 0 N–H and O–H groups in total. The van der Waals surface area contributed by atoms with Crippen molar-refractivity contribution in [1.29, 1.82) is 0 Å². The Kier molecular flexibility index (Phi) is 4.95. The van der Waals surface area contributed by atoms with Crippen molar-refractivity contribution in [2.45, 2.75) is 12.3 Å². The van der Waals surface area contributed by atoms with Crippen LogP contribution in [0.1, 0.15) is 22.1 Å². The standard InChI is InChI=1S/C16H16BrClO2/c1-10-4-6-12(14(17)8-10)16(18)13-9-11(19-2)5-7-15(13)20-3/h4-9,16H,1-3H3. The molecule has 1 atom stereocenters. The van der Waals surface area contributed by atoms with E-state index < -0.39 is 0 Å². The molecule has 0 saturated heterocycles. The summed E-state index contributed by atoms with van der Waals surface area (Å²) in [5.41, 5.74) is 3.07. The second-order valence-electron chi connectivity index (χ2n) is 4.50. The molecule has 0 aliphatic heterocycles. The molecular formula is C16H16BrClO2. The highest BCUT2D eigenvalue weighted by atomic mass is 79.9. The van der Waals surface area contributed by atoms with Crippen LogP contribution in [0.5, 0.6) is 11.5 Å². The highest BCUT2D eigenvalue weighted by Crippen LogP contribution is 2.40. The summed E-state index contributed by atoms with van der Waals surface area (Å²) >= 11 is 10.2. The highest BCUT2D eigenvalue weighted by Gasteiger charge is 2.19. The van der Waals surface area contributed by atoms with Gasteiger partial charge >= 0.3 is 0 Å². The summed E-state index contributed by atoms with van der Waals surface area (Å²) < 4.78 is 11.6. The van der Waals surface area contributed by atoms with Gasteiger partial charge < -0.3 is 9.47 Å². The molecule has 0 aromatic heterocycles. The van der Waals surface area contributed by atoms with Gasteiger partial charge in [-0.05, 0) is 42.3 Å². The molecule has 2 aromatic rings. The topological polar surface area (TPSA) is 18.5 Å². The lowest BCUT2D eigenvalue weighted by atomic mass is 10.0. The molecule has 2 aromatic carbocycles. The fourth-order valence-corrected chi connectivity index (χ4v) is 3.26. The maximum atomic E-state index is 6.64. The summed E-state index contributed by atoms with van der Waals surface area (Å²) in [5, 5.41) is -0.310. The summed E-state index contributed by atoms with van der Waals surface area (Å²) in [7, 11) is 3.27.